The Morgan fingerprint density at radius 2 is 1.90 bits per heavy atom. The predicted octanol–water partition coefficient (Wildman–Crippen LogP) is 4.16. The van der Waals surface area contributed by atoms with Gasteiger partial charge in [-0.25, -0.2) is 4.99 Å². The highest BCUT2D eigenvalue weighted by molar-refractivity contribution is 14.0. The predicted molar refractivity (Wildman–Crippen MR) is 107 cm³/mol. The molecule has 0 spiro atoms. The van der Waals surface area contributed by atoms with Crippen LogP contribution < -0.4 is 10.6 Å². The number of hydrogen-bond donors (Lipinski definition) is 2. The smallest absolute Gasteiger partial charge is 0.191 e. The van der Waals surface area contributed by atoms with Crippen molar-refractivity contribution in [3.8, 4) is 0 Å². The fraction of sp³-hybridized carbons (Fsp3) is 0.533. The first-order chi connectivity index (χ1) is 9.76. The molecule has 0 heterocycles. The van der Waals surface area contributed by atoms with Crippen LogP contribution in [0.15, 0.2) is 29.3 Å². The van der Waals surface area contributed by atoms with Gasteiger partial charge < -0.3 is 10.6 Å². The van der Waals surface area contributed by atoms with E-state index in [1.165, 1.54) is 18.6 Å². The summed E-state index contributed by atoms with van der Waals surface area (Å²) in [5, 5.41) is 7.39. The Morgan fingerprint density at radius 3 is 2.52 bits per heavy atom. The molecule has 1 rings (SSSR count). The number of guanidine groups is 1. The lowest BCUT2D eigenvalue weighted by Gasteiger charge is -2.11. The van der Waals surface area contributed by atoms with Crippen LogP contribution in [-0.4, -0.2) is 31.1 Å². The standard InChI is InChI=1S/C15H24ClN3S.HI/c1-3-17-15(18-10-4-5-11-20-2)19-12-13-6-8-14(16)9-7-13;/h6-9H,3-5,10-12H2,1-2H3,(H2,17,18,19);1H. The average molecular weight is 442 g/mol. The molecule has 0 aliphatic rings. The van der Waals surface area contributed by atoms with Gasteiger partial charge in [0.05, 0.1) is 6.54 Å². The van der Waals surface area contributed by atoms with E-state index in [0.717, 1.165) is 29.6 Å². The molecule has 0 amide bonds. The molecule has 1 aromatic rings. The minimum atomic E-state index is 0. The first-order valence-corrected chi connectivity index (χ1v) is 8.79. The van der Waals surface area contributed by atoms with Crippen LogP contribution in [0.25, 0.3) is 0 Å². The number of halogens is 2. The van der Waals surface area contributed by atoms with E-state index < -0.39 is 0 Å². The minimum Gasteiger partial charge on any atom is -0.357 e. The van der Waals surface area contributed by atoms with Crippen LogP contribution in [0, 0.1) is 0 Å². The van der Waals surface area contributed by atoms with Gasteiger partial charge in [0.1, 0.15) is 0 Å². The molecule has 0 fully saturated rings. The van der Waals surface area contributed by atoms with E-state index >= 15 is 0 Å². The second-order valence-corrected chi connectivity index (χ2v) is 5.87. The van der Waals surface area contributed by atoms with Gasteiger partial charge in [0, 0.05) is 18.1 Å². The molecule has 1 aromatic carbocycles. The van der Waals surface area contributed by atoms with Crippen molar-refractivity contribution in [2.24, 2.45) is 4.99 Å². The van der Waals surface area contributed by atoms with Crippen LogP contribution in [-0.2, 0) is 6.54 Å². The van der Waals surface area contributed by atoms with Crippen LogP contribution in [0.1, 0.15) is 25.3 Å². The van der Waals surface area contributed by atoms with Crippen LogP contribution in [0.4, 0.5) is 0 Å². The molecule has 120 valence electrons. The van der Waals surface area contributed by atoms with Crippen LogP contribution >= 0.6 is 47.3 Å². The van der Waals surface area contributed by atoms with Gasteiger partial charge in [-0.1, -0.05) is 23.7 Å². The summed E-state index contributed by atoms with van der Waals surface area (Å²) in [4.78, 5) is 4.58. The van der Waals surface area contributed by atoms with Gasteiger partial charge in [-0.3, -0.25) is 0 Å². The van der Waals surface area contributed by atoms with Crippen molar-refractivity contribution < 1.29 is 0 Å². The van der Waals surface area contributed by atoms with E-state index in [-0.39, 0.29) is 24.0 Å². The Balaban J connectivity index is 0.00000400. The summed E-state index contributed by atoms with van der Waals surface area (Å²) in [5.74, 6) is 2.10. The van der Waals surface area contributed by atoms with E-state index in [1.807, 2.05) is 36.0 Å². The second-order valence-electron chi connectivity index (χ2n) is 4.45. The lowest BCUT2D eigenvalue weighted by Crippen LogP contribution is -2.37. The zero-order valence-electron chi connectivity index (χ0n) is 12.7. The van der Waals surface area contributed by atoms with Crippen LogP contribution in [0.5, 0.6) is 0 Å². The molecular formula is C15H25ClIN3S. The number of nitrogens with one attached hydrogen (secondary N) is 2. The fourth-order valence-corrected chi connectivity index (χ4v) is 2.30. The van der Waals surface area contributed by atoms with Gasteiger partial charge in [-0.15, -0.1) is 24.0 Å². The number of hydrogen-bond acceptors (Lipinski definition) is 2. The minimum absolute atomic E-state index is 0. The third-order valence-electron chi connectivity index (χ3n) is 2.74. The van der Waals surface area contributed by atoms with Crippen molar-refractivity contribution in [3.63, 3.8) is 0 Å². The molecule has 0 bridgehead atoms. The summed E-state index contributed by atoms with van der Waals surface area (Å²) in [5.41, 5.74) is 1.16. The summed E-state index contributed by atoms with van der Waals surface area (Å²) in [7, 11) is 0. The number of unbranched alkanes of at least 4 members (excludes halogenated alkanes) is 1. The first-order valence-electron chi connectivity index (χ1n) is 7.01. The quantitative estimate of drug-likeness (QED) is 0.275. The molecule has 6 heteroatoms. The molecule has 2 N–H and O–H groups in total. The number of aliphatic imine (C=N–C) groups is 1. The third kappa shape index (κ3) is 10.3. The lowest BCUT2D eigenvalue weighted by molar-refractivity contribution is 0.734. The van der Waals surface area contributed by atoms with Crippen molar-refractivity contribution in [1.82, 2.24) is 10.6 Å². The van der Waals surface area contributed by atoms with Gasteiger partial charge in [0.2, 0.25) is 0 Å². The molecule has 0 aliphatic heterocycles. The molecule has 0 aliphatic carbocycles. The maximum Gasteiger partial charge on any atom is 0.191 e. The monoisotopic (exact) mass is 441 g/mol. The van der Waals surface area contributed by atoms with Crippen molar-refractivity contribution in [2.75, 3.05) is 25.1 Å². The highest BCUT2D eigenvalue weighted by Gasteiger charge is 1.97. The first kappa shape index (κ1) is 20.9. The molecule has 21 heavy (non-hydrogen) atoms. The topological polar surface area (TPSA) is 36.4 Å². The second kappa shape index (κ2) is 13.5. The van der Waals surface area contributed by atoms with Crippen molar-refractivity contribution in [3.05, 3.63) is 34.9 Å². The molecule has 0 unspecified atom stereocenters. The number of rotatable bonds is 8. The number of nitrogens with zero attached hydrogens (tertiary/aromatic N) is 1. The number of benzene rings is 1. The maximum absolute atomic E-state index is 5.87. The molecule has 0 saturated carbocycles. The van der Waals surface area contributed by atoms with Crippen molar-refractivity contribution in [2.45, 2.75) is 26.3 Å². The normalized spacial score (nSPS) is 10.9. The van der Waals surface area contributed by atoms with Crippen molar-refractivity contribution >= 4 is 53.3 Å². The summed E-state index contributed by atoms with van der Waals surface area (Å²) in [6, 6.07) is 7.81. The van der Waals surface area contributed by atoms with Crippen LogP contribution in [0.2, 0.25) is 5.02 Å². The molecule has 0 radical (unpaired) electrons. The summed E-state index contributed by atoms with van der Waals surface area (Å²) in [6.45, 7) is 4.58. The number of thioether (sulfide) groups is 1. The summed E-state index contributed by atoms with van der Waals surface area (Å²) < 4.78 is 0. The Kier molecular flexibility index (Phi) is 13.4. The zero-order chi connectivity index (χ0) is 14.6. The van der Waals surface area contributed by atoms with Gasteiger partial charge in [-0.2, -0.15) is 11.8 Å². The SMILES string of the molecule is CCNC(=NCc1ccc(Cl)cc1)NCCCCSC.I. The maximum atomic E-state index is 5.87. The van der Waals surface area contributed by atoms with Gasteiger partial charge >= 0.3 is 0 Å². The molecular weight excluding hydrogens is 417 g/mol. The Labute approximate surface area is 154 Å². The van der Waals surface area contributed by atoms with Crippen molar-refractivity contribution in [1.29, 1.82) is 0 Å². The summed E-state index contributed by atoms with van der Waals surface area (Å²) in [6.07, 6.45) is 4.56. The third-order valence-corrected chi connectivity index (χ3v) is 3.69. The average Bonchev–Trinajstić information content (AvgIpc) is 2.46. The zero-order valence-corrected chi connectivity index (χ0v) is 16.6. The molecule has 0 aromatic heterocycles. The Hall–Kier alpha value is -0.140. The largest absolute Gasteiger partial charge is 0.357 e. The van der Waals surface area contributed by atoms with E-state index in [2.05, 4.69) is 28.8 Å². The Morgan fingerprint density at radius 1 is 1.19 bits per heavy atom. The van der Waals surface area contributed by atoms with Gasteiger partial charge in [0.15, 0.2) is 5.96 Å². The van der Waals surface area contributed by atoms with E-state index in [1.54, 1.807) is 0 Å². The van der Waals surface area contributed by atoms with E-state index in [4.69, 9.17) is 11.6 Å². The Bertz CT molecular complexity index is 398. The molecule has 0 atom stereocenters. The summed E-state index contributed by atoms with van der Waals surface area (Å²) >= 11 is 7.77. The highest BCUT2D eigenvalue weighted by atomic mass is 127. The molecule has 3 nitrogen and oxygen atoms in total. The fourth-order valence-electron chi connectivity index (χ4n) is 1.68. The van der Waals surface area contributed by atoms with E-state index in [0.29, 0.717) is 6.54 Å². The molecule has 0 saturated heterocycles. The van der Waals surface area contributed by atoms with Gasteiger partial charge in [0.25, 0.3) is 0 Å². The van der Waals surface area contributed by atoms with Gasteiger partial charge in [-0.05, 0) is 49.5 Å². The van der Waals surface area contributed by atoms with E-state index in [9.17, 15) is 0 Å². The highest BCUT2D eigenvalue weighted by Crippen LogP contribution is 2.10. The van der Waals surface area contributed by atoms with Crippen LogP contribution in [0.3, 0.4) is 0 Å². The lowest BCUT2D eigenvalue weighted by atomic mass is 10.2.